The molecule has 0 aliphatic rings. The molecule has 1 nitrogen and oxygen atoms in total. The Bertz CT molecular complexity index is 264. The summed E-state index contributed by atoms with van der Waals surface area (Å²) in [5.74, 6) is 0.909. The third-order valence-electron chi connectivity index (χ3n) is 2.17. The van der Waals surface area contributed by atoms with Gasteiger partial charge in [0.05, 0.1) is 0 Å². The monoisotopic (exact) mass is 203 g/mol. The Morgan fingerprint density at radius 1 is 1.20 bits per heavy atom. The summed E-state index contributed by atoms with van der Waals surface area (Å²) in [7, 11) is 0. The summed E-state index contributed by atoms with van der Waals surface area (Å²) in [5.41, 5.74) is 0. The summed E-state index contributed by atoms with van der Waals surface area (Å²) < 4.78 is 5.51. The van der Waals surface area contributed by atoms with Gasteiger partial charge in [0.25, 0.3) is 0 Å². The molecule has 0 heterocycles. The van der Waals surface area contributed by atoms with Gasteiger partial charge in [0.1, 0.15) is 12.4 Å². The molecule has 0 bridgehead atoms. The van der Waals surface area contributed by atoms with Crippen LogP contribution in [0.25, 0.3) is 0 Å². The van der Waals surface area contributed by atoms with E-state index in [4.69, 9.17) is 4.74 Å². The van der Waals surface area contributed by atoms with Gasteiger partial charge < -0.3 is 4.74 Å². The lowest BCUT2D eigenvalue weighted by molar-refractivity contribution is 0.362. The highest BCUT2D eigenvalue weighted by Gasteiger charge is 1.87. The summed E-state index contributed by atoms with van der Waals surface area (Å²) >= 11 is 0. The van der Waals surface area contributed by atoms with Crippen LogP contribution in [0.5, 0.6) is 5.75 Å². The number of ether oxygens (including phenoxy) is 1. The Hall–Kier alpha value is -1.24. The second-order valence-electron chi connectivity index (χ2n) is 3.51. The first-order chi connectivity index (χ1) is 7.43. The molecule has 1 aromatic rings. The fraction of sp³-hybridized carbons (Fsp3) is 0.429. The van der Waals surface area contributed by atoms with Crippen LogP contribution < -0.4 is 4.74 Å². The Kier molecular flexibility index (Phi) is 6.39. The molecule has 0 N–H and O–H groups in total. The van der Waals surface area contributed by atoms with Crippen molar-refractivity contribution < 1.29 is 4.74 Å². The topological polar surface area (TPSA) is 9.23 Å². The van der Waals surface area contributed by atoms with Crippen LogP contribution in [-0.2, 0) is 0 Å². The van der Waals surface area contributed by atoms with Crippen molar-refractivity contribution in [1.29, 1.82) is 0 Å². The van der Waals surface area contributed by atoms with Gasteiger partial charge in [-0.2, -0.15) is 0 Å². The molecule has 1 rings (SSSR count). The average molecular weight is 203 g/mol. The zero-order valence-corrected chi connectivity index (χ0v) is 9.41. The smallest absolute Gasteiger partial charge is 0.119 e. The van der Waals surface area contributed by atoms with Crippen molar-refractivity contribution >= 4 is 0 Å². The van der Waals surface area contributed by atoms with E-state index in [0.717, 1.165) is 5.75 Å². The van der Waals surface area contributed by atoms with Crippen LogP contribution in [0.15, 0.2) is 36.4 Å². The summed E-state index contributed by atoms with van der Waals surface area (Å²) in [6.07, 6.45) is 9.34. The molecular formula is C14H19O. The van der Waals surface area contributed by atoms with E-state index in [-0.39, 0.29) is 0 Å². The lowest BCUT2D eigenvalue weighted by Gasteiger charge is -2.01. The first kappa shape index (κ1) is 11.8. The predicted molar refractivity (Wildman–Crippen MR) is 64.1 cm³/mol. The predicted octanol–water partition coefficient (Wildman–Crippen LogP) is 4.00. The molecule has 0 aliphatic carbocycles. The Balaban J connectivity index is 2.06. The number of hydrogen-bond donors (Lipinski definition) is 0. The number of rotatable bonds is 7. The van der Waals surface area contributed by atoms with Crippen molar-refractivity contribution in [3.8, 4) is 5.75 Å². The summed E-state index contributed by atoms with van der Waals surface area (Å²) in [5, 5.41) is 0. The minimum atomic E-state index is 0.663. The highest BCUT2D eigenvalue weighted by atomic mass is 16.5. The summed E-state index contributed by atoms with van der Waals surface area (Å²) in [4.78, 5) is 0. The van der Waals surface area contributed by atoms with E-state index in [0.29, 0.717) is 6.61 Å². The maximum absolute atomic E-state index is 5.51. The van der Waals surface area contributed by atoms with Crippen LogP contribution in [0.4, 0.5) is 0 Å². The summed E-state index contributed by atoms with van der Waals surface area (Å²) in [6, 6.07) is 10.5. The van der Waals surface area contributed by atoms with Gasteiger partial charge in [-0.25, -0.2) is 0 Å². The maximum Gasteiger partial charge on any atom is 0.119 e. The number of benzene rings is 1. The van der Waals surface area contributed by atoms with E-state index >= 15 is 0 Å². The van der Waals surface area contributed by atoms with Crippen LogP contribution >= 0.6 is 0 Å². The molecule has 0 aliphatic heterocycles. The molecule has 0 atom stereocenters. The molecule has 0 saturated carbocycles. The molecule has 0 fully saturated rings. The van der Waals surface area contributed by atoms with Crippen molar-refractivity contribution in [1.82, 2.24) is 0 Å². The number of unbranched alkanes of at least 4 members (excludes halogenated alkanes) is 3. The van der Waals surface area contributed by atoms with Gasteiger partial charge in [0, 0.05) is 0 Å². The number of allylic oxidation sites excluding steroid dienone is 1. The van der Waals surface area contributed by atoms with Gasteiger partial charge in [-0.3, -0.25) is 0 Å². The molecule has 0 spiro atoms. The zero-order valence-electron chi connectivity index (χ0n) is 9.41. The normalized spacial score (nSPS) is 10.7. The fourth-order valence-corrected chi connectivity index (χ4v) is 1.31. The highest BCUT2D eigenvalue weighted by Crippen LogP contribution is 2.07. The Labute approximate surface area is 92.8 Å². The molecule has 1 aromatic carbocycles. The average Bonchev–Trinajstić information content (AvgIpc) is 2.29. The first-order valence-electron chi connectivity index (χ1n) is 5.67. The van der Waals surface area contributed by atoms with E-state index in [9.17, 15) is 0 Å². The van der Waals surface area contributed by atoms with E-state index in [1.807, 2.05) is 24.3 Å². The first-order valence-corrected chi connectivity index (χ1v) is 5.67. The van der Waals surface area contributed by atoms with Crippen molar-refractivity contribution in [3.05, 3.63) is 42.5 Å². The standard InChI is InChI=1S/C14H19O/c1-2-3-4-5-6-10-13-15-14-11-8-7-9-12-14/h6,8-12H,2-5,13H2,1H3/b10-6+. The quantitative estimate of drug-likeness (QED) is 0.480. The molecule has 1 heteroatoms. The van der Waals surface area contributed by atoms with E-state index in [2.05, 4.69) is 25.1 Å². The van der Waals surface area contributed by atoms with Gasteiger partial charge in [-0.15, -0.1) is 0 Å². The van der Waals surface area contributed by atoms with Gasteiger partial charge in [0.15, 0.2) is 0 Å². The third-order valence-corrected chi connectivity index (χ3v) is 2.17. The maximum atomic E-state index is 5.51. The third kappa shape index (κ3) is 5.95. The van der Waals surface area contributed by atoms with Gasteiger partial charge in [0.2, 0.25) is 0 Å². The van der Waals surface area contributed by atoms with E-state index < -0.39 is 0 Å². The SMILES string of the molecule is CCCCC/C=C/COc1cc[c]cc1. The van der Waals surface area contributed by atoms with Crippen LogP contribution in [0.3, 0.4) is 0 Å². The van der Waals surface area contributed by atoms with Crippen LogP contribution in [-0.4, -0.2) is 6.61 Å². The fourth-order valence-electron chi connectivity index (χ4n) is 1.31. The molecule has 81 valence electrons. The van der Waals surface area contributed by atoms with Crippen molar-refractivity contribution in [2.75, 3.05) is 6.61 Å². The molecule has 0 saturated heterocycles. The Morgan fingerprint density at radius 2 is 2.00 bits per heavy atom. The molecule has 0 aromatic heterocycles. The van der Waals surface area contributed by atoms with Crippen molar-refractivity contribution in [2.45, 2.75) is 32.6 Å². The minimum absolute atomic E-state index is 0.663. The molecule has 0 amide bonds. The highest BCUT2D eigenvalue weighted by molar-refractivity contribution is 5.20. The lowest BCUT2D eigenvalue weighted by atomic mass is 10.2. The van der Waals surface area contributed by atoms with Crippen LogP contribution in [0.1, 0.15) is 32.6 Å². The van der Waals surface area contributed by atoms with Gasteiger partial charge >= 0.3 is 0 Å². The van der Waals surface area contributed by atoms with Crippen LogP contribution in [0.2, 0.25) is 0 Å². The second-order valence-corrected chi connectivity index (χ2v) is 3.51. The Morgan fingerprint density at radius 3 is 2.73 bits per heavy atom. The molecule has 1 radical (unpaired) electrons. The molecular weight excluding hydrogens is 184 g/mol. The minimum Gasteiger partial charge on any atom is -0.490 e. The largest absolute Gasteiger partial charge is 0.490 e. The van der Waals surface area contributed by atoms with Gasteiger partial charge in [-0.05, 0) is 31.0 Å². The van der Waals surface area contributed by atoms with Crippen LogP contribution in [0, 0.1) is 6.07 Å². The van der Waals surface area contributed by atoms with E-state index in [1.165, 1.54) is 25.7 Å². The lowest BCUT2D eigenvalue weighted by Crippen LogP contribution is -1.92. The van der Waals surface area contributed by atoms with Crippen molar-refractivity contribution in [2.24, 2.45) is 0 Å². The van der Waals surface area contributed by atoms with E-state index in [1.54, 1.807) is 0 Å². The summed E-state index contributed by atoms with van der Waals surface area (Å²) in [6.45, 7) is 2.88. The zero-order chi connectivity index (χ0) is 10.8. The second kappa shape index (κ2) is 8.10. The molecule has 0 unspecified atom stereocenters. The molecule has 15 heavy (non-hydrogen) atoms. The number of hydrogen-bond acceptors (Lipinski definition) is 1. The van der Waals surface area contributed by atoms with Gasteiger partial charge in [-0.1, -0.05) is 44.1 Å². The van der Waals surface area contributed by atoms with Crippen molar-refractivity contribution in [3.63, 3.8) is 0 Å².